The van der Waals surface area contributed by atoms with Crippen molar-refractivity contribution in [3.63, 3.8) is 0 Å². The highest BCUT2D eigenvalue weighted by atomic mass is 32.2. The van der Waals surface area contributed by atoms with E-state index < -0.39 is 15.6 Å². The van der Waals surface area contributed by atoms with Crippen molar-refractivity contribution >= 4 is 10.0 Å². The molecule has 112 valence electrons. The Hall–Kier alpha value is -2.16. The highest BCUT2D eigenvalue weighted by Crippen LogP contribution is 2.43. The van der Waals surface area contributed by atoms with E-state index in [1.807, 2.05) is 25.1 Å². The summed E-state index contributed by atoms with van der Waals surface area (Å²) in [6, 6.07) is 18.0. The Morgan fingerprint density at radius 3 is 2.23 bits per heavy atom. The van der Waals surface area contributed by atoms with Gasteiger partial charge in [0.2, 0.25) is 10.0 Å². The molecule has 1 heterocycles. The van der Waals surface area contributed by atoms with Crippen molar-refractivity contribution in [3.8, 4) is 6.07 Å². The standard InChI is InChI=1S/C17H16N2O2S/c1-14-7-9-16(10-8-14)22(20,21)19-12-11-17(19,13-18)15-5-3-2-4-6-15/h2-10H,11-12H2,1H3/t17-/m0/s1. The number of sulfonamides is 1. The van der Waals surface area contributed by atoms with E-state index in [0.717, 1.165) is 11.1 Å². The molecule has 3 rings (SSSR count). The molecule has 5 heteroatoms. The van der Waals surface area contributed by atoms with Gasteiger partial charge in [-0.1, -0.05) is 48.0 Å². The second kappa shape index (κ2) is 5.24. The molecule has 0 radical (unpaired) electrons. The van der Waals surface area contributed by atoms with Crippen LogP contribution in [0.25, 0.3) is 0 Å². The van der Waals surface area contributed by atoms with Crippen LogP contribution in [0.3, 0.4) is 0 Å². The van der Waals surface area contributed by atoms with Crippen LogP contribution in [0.2, 0.25) is 0 Å². The Bertz CT molecular complexity index is 823. The lowest BCUT2D eigenvalue weighted by Gasteiger charge is -2.46. The van der Waals surface area contributed by atoms with Crippen LogP contribution < -0.4 is 0 Å². The maximum Gasteiger partial charge on any atom is 0.244 e. The monoisotopic (exact) mass is 312 g/mol. The summed E-state index contributed by atoms with van der Waals surface area (Å²) in [5.74, 6) is 0. The van der Waals surface area contributed by atoms with E-state index in [2.05, 4.69) is 6.07 Å². The van der Waals surface area contributed by atoms with E-state index in [1.165, 1.54) is 4.31 Å². The molecular weight excluding hydrogens is 296 g/mol. The van der Waals surface area contributed by atoms with Crippen molar-refractivity contribution in [2.75, 3.05) is 6.54 Å². The van der Waals surface area contributed by atoms with Crippen molar-refractivity contribution < 1.29 is 8.42 Å². The second-order valence-corrected chi connectivity index (χ2v) is 7.34. The summed E-state index contributed by atoms with van der Waals surface area (Å²) in [7, 11) is -3.68. The maximum atomic E-state index is 12.8. The lowest BCUT2D eigenvalue weighted by Crippen LogP contribution is -2.58. The summed E-state index contributed by atoms with van der Waals surface area (Å²) in [5.41, 5.74) is 0.627. The fourth-order valence-corrected chi connectivity index (χ4v) is 4.48. The van der Waals surface area contributed by atoms with Crippen LogP contribution in [0.1, 0.15) is 17.5 Å². The minimum Gasteiger partial charge on any atom is -0.207 e. The summed E-state index contributed by atoms with van der Waals surface area (Å²) in [6.07, 6.45) is 0.513. The van der Waals surface area contributed by atoms with Crippen LogP contribution in [0, 0.1) is 18.3 Å². The zero-order valence-electron chi connectivity index (χ0n) is 12.2. The molecule has 0 unspecified atom stereocenters. The van der Waals surface area contributed by atoms with Crippen molar-refractivity contribution in [3.05, 3.63) is 65.7 Å². The Kier molecular flexibility index (Phi) is 3.51. The fraction of sp³-hybridized carbons (Fsp3) is 0.235. The lowest BCUT2D eigenvalue weighted by atomic mass is 9.82. The summed E-state index contributed by atoms with van der Waals surface area (Å²) in [5, 5.41) is 9.66. The molecule has 0 aliphatic carbocycles. The minimum absolute atomic E-state index is 0.230. The maximum absolute atomic E-state index is 12.8. The van der Waals surface area contributed by atoms with Crippen LogP contribution in [0.5, 0.6) is 0 Å². The van der Waals surface area contributed by atoms with Gasteiger partial charge in [0.25, 0.3) is 0 Å². The first-order valence-electron chi connectivity index (χ1n) is 7.07. The van der Waals surface area contributed by atoms with Crippen LogP contribution in [-0.2, 0) is 15.6 Å². The van der Waals surface area contributed by atoms with Gasteiger partial charge in [0, 0.05) is 6.54 Å². The third kappa shape index (κ3) is 2.12. The van der Waals surface area contributed by atoms with E-state index in [4.69, 9.17) is 0 Å². The molecule has 4 nitrogen and oxygen atoms in total. The van der Waals surface area contributed by atoms with Crippen LogP contribution in [0.4, 0.5) is 0 Å². The average Bonchev–Trinajstić information content (AvgIpc) is 2.48. The molecule has 0 spiro atoms. The average molecular weight is 312 g/mol. The van der Waals surface area contributed by atoms with Crippen molar-refractivity contribution in [1.29, 1.82) is 5.26 Å². The van der Waals surface area contributed by atoms with Gasteiger partial charge in [-0.15, -0.1) is 0 Å². The topological polar surface area (TPSA) is 61.2 Å². The molecule has 2 aromatic rings. The molecule has 1 aliphatic rings. The quantitative estimate of drug-likeness (QED) is 0.875. The largest absolute Gasteiger partial charge is 0.244 e. The fourth-order valence-electron chi connectivity index (χ4n) is 2.77. The minimum atomic E-state index is -3.68. The molecule has 0 amide bonds. The van der Waals surface area contributed by atoms with E-state index in [0.29, 0.717) is 13.0 Å². The van der Waals surface area contributed by atoms with E-state index in [1.54, 1.807) is 36.4 Å². The first-order valence-corrected chi connectivity index (χ1v) is 8.51. The molecular formula is C17H16N2O2S. The van der Waals surface area contributed by atoms with Crippen LogP contribution >= 0.6 is 0 Å². The zero-order valence-corrected chi connectivity index (χ0v) is 13.0. The molecule has 1 atom stereocenters. The molecule has 1 saturated heterocycles. The van der Waals surface area contributed by atoms with Gasteiger partial charge in [0.05, 0.1) is 11.0 Å². The second-order valence-electron chi connectivity index (χ2n) is 5.48. The van der Waals surface area contributed by atoms with Gasteiger partial charge in [-0.2, -0.15) is 9.57 Å². The van der Waals surface area contributed by atoms with Gasteiger partial charge in [-0.25, -0.2) is 8.42 Å². The molecule has 2 aromatic carbocycles. The summed E-state index contributed by atoms with van der Waals surface area (Å²) in [6.45, 7) is 2.27. The molecule has 22 heavy (non-hydrogen) atoms. The lowest BCUT2D eigenvalue weighted by molar-refractivity contribution is 0.128. The number of rotatable bonds is 3. The summed E-state index contributed by atoms with van der Waals surface area (Å²) in [4.78, 5) is 0.230. The normalized spacial score (nSPS) is 21.8. The van der Waals surface area contributed by atoms with E-state index in [9.17, 15) is 13.7 Å². The third-order valence-electron chi connectivity index (χ3n) is 4.15. The molecule has 0 N–H and O–H groups in total. The summed E-state index contributed by atoms with van der Waals surface area (Å²) < 4.78 is 27.0. The molecule has 1 aliphatic heterocycles. The number of nitriles is 1. The van der Waals surface area contributed by atoms with Crippen molar-refractivity contribution in [2.24, 2.45) is 0 Å². The molecule has 0 bridgehead atoms. The van der Waals surface area contributed by atoms with Gasteiger partial charge >= 0.3 is 0 Å². The van der Waals surface area contributed by atoms with Crippen LogP contribution in [0.15, 0.2) is 59.5 Å². The zero-order chi connectivity index (χ0) is 15.8. The number of hydrogen-bond acceptors (Lipinski definition) is 3. The third-order valence-corrected chi connectivity index (χ3v) is 6.09. The smallest absolute Gasteiger partial charge is 0.207 e. The number of hydrogen-bond donors (Lipinski definition) is 0. The van der Waals surface area contributed by atoms with Crippen LogP contribution in [-0.4, -0.2) is 19.3 Å². The molecule has 0 saturated carbocycles. The SMILES string of the molecule is Cc1ccc(S(=O)(=O)N2CC[C@]2(C#N)c2ccccc2)cc1. The number of aryl methyl sites for hydroxylation is 1. The van der Waals surface area contributed by atoms with Gasteiger partial charge in [-0.3, -0.25) is 0 Å². The first kappa shape index (κ1) is 14.8. The summed E-state index contributed by atoms with van der Waals surface area (Å²) >= 11 is 0. The number of nitrogens with zero attached hydrogens (tertiary/aromatic N) is 2. The molecule has 0 aromatic heterocycles. The predicted octanol–water partition coefficient (Wildman–Crippen LogP) is 2.81. The van der Waals surface area contributed by atoms with Gasteiger partial charge in [0.1, 0.15) is 5.54 Å². The van der Waals surface area contributed by atoms with Crippen molar-refractivity contribution in [2.45, 2.75) is 23.8 Å². The predicted molar refractivity (Wildman–Crippen MR) is 83.4 cm³/mol. The Labute approximate surface area is 130 Å². The van der Waals surface area contributed by atoms with E-state index >= 15 is 0 Å². The Morgan fingerprint density at radius 1 is 1.09 bits per heavy atom. The highest BCUT2D eigenvalue weighted by Gasteiger charge is 2.53. The Balaban J connectivity index is 2.05. The van der Waals surface area contributed by atoms with E-state index in [-0.39, 0.29) is 4.90 Å². The Morgan fingerprint density at radius 2 is 1.73 bits per heavy atom. The molecule has 1 fully saturated rings. The highest BCUT2D eigenvalue weighted by molar-refractivity contribution is 7.89. The van der Waals surface area contributed by atoms with Gasteiger partial charge < -0.3 is 0 Å². The van der Waals surface area contributed by atoms with Gasteiger partial charge in [0.15, 0.2) is 0 Å². The van der Waals surface area contributed by atoms with Gasteiger partial charge in [-0.05, 0) is 31.0 Å². The van der Waals surface area contributed by atoms with Crippen molar-refractivity contribution in [1.82, 2.24) is 4.31 Å². The number of benzene rings is 2. The first-order chi connectivity index (χ1) is 10.5.